The summed E-state index contributed by atoms with van der Waals surface area (Å²) < 4.78 is 34.5. The average Bonchev–Trinajstić information content (AvgIpc) is 2.70. The molecule has 0 aliphatic carbocycles. The van der Waals surface area contributed by atoms with Gasteiger partial charge in [0.05, 0.1) is 10.6 Å². The van der Waals surface area contributed by atoms with E-state index in [2.05, 4.69) is 15.9 Å². The molecule has 0 heterocycles. The Bertz CT molecular complexity index is 1200. The maximum atomic E-state index is 13.5. The first-order valence-corrected chi connectivity index (χ1v) is 11.9. The molecule has 0 radical (unpaired) electrons. The lowest BCUT2D eigenvalue weighted by Gasteiger charge is -2.25. The number of rotatable bonds is 6. The van der Waals surface area contributed by atoms with Crippen LogP contribution in [-0.4, -0.2) is 20.9 Å². The van der Waals surface area contributed by atoms with E-state index in [4.69, 9.17) is 4.74 Å². The zero-order chi connectivity index (χ0) is 22.8. The van der Waals surface area contributed by atoms with Crippen LogP contribution in [-0.2, 0) is 14.8 Å². The second-order valence-corrected chi connectivity index (χ2v) is 10.1. The van der Waals surface area contributed by atoms with Crippen LogP contribution in [0.2, 0.25) is 0 Å². The molecule has 0 atom stereocenters. The van der Waals surface area contributed by atoms with Gasteiger partial charge in [-0.1, -0.05) is 46.3 Å². The molecule has 0 saturated heterocycles. The van der Waals surface area contributed by atoms with Gasteiger partial charge in [-0.05, 0) is 80.3 Å². The quantitative estimate of drug-likeness (QED) is 0.448. The number of halogens is 1. The van der Waals surface area contributed by atoms with E-state index in [-0.39, 0.29) is 4.90 Å². The van der Waals surface area contributed by atoms with Crippen molar-refractivity contribution in [2.45, 2.75) is 32.6 Å². The molecule has 1 amide bonds. The molecule has 3 aromatic carbocycles. The van der Waals surface area contributed by atoms with Crippen molar-refractivity contribution in [2.75, 3.05) is 10.9 Å². The third kappa shape index (κ3) is 4.99. The van der Waals surface area contributed by atoms with Crippen LogP contribution in [0, 0.1) is 27.7 Å². The summed E-state index contributed by atoms with van der Waals surface area (Å²) in [7, 11) is -4.13. The Morgan fingerprint density at radius 2 is 1.52 bits per heavy atom. The number of sulfonamides is 1. The van der Waals surface area contributed by atoms with Gasteiger partial charge < -0.3 is 4.74 Å². The van der Waals surface area contributed by atoms with Gasteiger partial charge in [0.1, 0.15) is 5.75 Å². The van der Waals surface area contributed by atoms with E-state index < -0.39 is 22.5 Å². The Morgan fingerprint density at radius 1 is 0.903 bits per heavy atom. The van der Waals surface area contributed by atoms with Crippen LogP contribution in [0.4, 0.5) is 5.69 Å². The summed E-state index contributed by atoms with van der Waals surface area (Å²) in [4.78, 5) is 13.3. The van der Waals surface area contributed by atoms with E-state index in [1.165, 1.54) is 12.1 Å². The van der Waals surface area contributed by atoms with Crippen molar-refractivity contribution in [3.05, 3.63) is 87.4 Å². The van der Waals surface area contributed by atoms with Crippen molar-refractivity contribution in [3.8, 4) is 5.75 Å². The van der Waals surface area contributed by atoms with E-state index in [9.17, 15) is 13.2 Å². The van der Waals surface area contributed by atoms with E-state index >= 15 is 0 Å². The zero-order valence-electron chi connectivity index (χ0n) is 17.8. The van der Waals surface area contributed by atoms with Gasteiger partial charge in [-0.3, -0.25) is 4.79 Å². The van der Waals surface area contributed by atoms with Crippen LogP contribution in [0.3, 0.4) is 0 Å². The van der Waals surface area contributed by atoms with Crippen LogP contribution in [0.15, 0.2) is 70.0 Å². The van der Waals surface area contributed by atoms with Crippen molar-refractivity contribution in [1.82, 2.24) is 0 Å². The van der Waals surface area contributed by atoms with Crippen molar-refractivity contribution in [2.24, 2.45) is 0 Å². The predicted molar refractivity (Wildman–Crippen MR) is 126 cm³/mol. The minimum absolute atomic E-state index is 0.0419. The lowest BCUT2D eigenvalue weighted by atomic mass is 10.1. The summed E-state index contributed by atoms with van der Waals surface area (Å²) in [5.74, 6) is -0.103. The first kappa shape index (κ1) is 23.0. The first-order valence-electron chi connectivity index (χ1n) is 9.71. The summed E-state index contributed by atoms with van der Waals surface area (Å²) >= 11 is 3.44. The van der Waals surface area contributed by atoms with Crippen molar-refractivity contribution in [1.29, 1.82) is 0 Å². The monoisotopic (exact) mass is 501 g/mol. The molecular formula is C24H24BrNO4S. The highest BCUT2D eigenvalue weighted by Crippen LogP contribution is 2.30. The van der Waals surface area contributed by atoms with Gasteiger partial charge in [0.2, 0.25) is 0 Å². The number of carbonyl (C=O) groups excluding carboxylic acids is 1. The Morgan fingerprint density at radius 3 is 2.13 bits per heavy atom. The molecule has 5 nitrogen and oxygen atoms in total. The third-order valence-corrected chi connectivity index (χ3v) is 7.06. The molecule has 0 N–H and O–H groups in total. The van der Waals surface area contributed by atoms with Gasteiger partial charge in [0.15, 0.2) is 6.61 Å². The SMILES string of the molecule is Cc1ccc(C)c(N(C(=O)COc2c(C)cc(Br)cc2C)S(=O)(=O)c2ccccc2)c1. The maximum absolute atomic E-state index is 13.5. The number of nitrogens with zero attached hydrogens (tertiary/aromatic N) is 1. The lowest BCUT2D eigenvalue weighted by molar-refractivity contribution is -0.119. The molecule has 0 bridgehead atoms. The van der Waals surface area contributed by atoms with Crippen LogP contribution >= 0.6 is 15.9 Å². The minimum atomic E-state index is -4.13. The molecule has 7 heteroatoms. The van der Waals surface area contributed by atoms with Gasteiger partial charge >= 0.3 is 0 Å². The molecule has 0 unspecified atom stereocenters. The Balaban J connectivity index is 2.03. The van der Waals surface area contributed by atoms with Crippen LogP contribution in [0.1, 0.15) is 22.3 Å². The van der Waals surface area contributed by atoms with Gasteiger partial charge in [-0.2, -0.15) is 4.31 Å². The standard InChI is InChI=1S/C24H24BrNO4S/c1-16-10-11-17(2)22(12-16)26(31(28,29)21-8-6-5-7-9-21)23(27)15-30-24-18(3)13-20(25)14-19(24)4/h5-14H,15H2,1-4H3. The zero-order valence-corrected chi connectivity index (χ0v) is 20.2. The Kier molecular flexibility index (Phi) is 6.86. The van der Waals surface area contributed by atoms with Crippen LogP contribution in [0.5, 0.6) is 5.75 Å². The summed E-state index contributed by atoms with van der Waals surface area (Å²) in [5, 5.41) is 0. The fourth-order valence-corrected chi connectivity index (χ4v) is 5.53. The number of amides is 1. The third-order valence-electron chi connectivity index (χ3n) is 4.86. The number of hydrogen-bond donors (Lipinski definition) is 0. The number of anilines is 1. The Labute approximate surface area is 191 Å². The number of carbonyl (C=O) groups is 1. The average molecular weight is 502 g/mol. The van der Waals surface area contributed by atoms with E-state index in [1.54, 1.807) is 37.3 Å². The van der Waals surface area contributed by atoms with Gasteiger partial charge in [0.25, 0.3) is 15.9 Å². The molecule has 0 spiro atoms. The smallest absolute Gasteiger partial charge is 0.278 e. The number of aryl methyl sites for hydroxylation is 4. The van der Waals surface area contributed by atoms with Gasteiger partial charge in [0, 0.05) is 4.47 Å². The largest absolute Gasteiger partial charge is 0.483 e. The van der Waals surface area contributed by atoms with E-state index in [0.29, 0.717) is 17.0 Å². The Hall–Kier alpha value is -2.64. The van der Waals surface area contributed by atoms with Crippen molar-refractivity contribution < 1.29 is 17.9 Å². The fourth-order valence-electron chi connectivity index (χ4n) is 3.35. The summed E-state index contributed by atoms with van der Waals surface area (Å²) in [6.07, 6.45) is 0. The minimum Gasteiger partial charge on any atom is -0.483 e. The maximum Gasteiger partial charge on any atom is 0.278 e. The number of hydrogen-bond acceptors (Lipinski definition) is 4. The second-order valence-electron chi connectivity index (χ2n) is 7.42. The molecule has 162 valence electrons. The molecule has 0 aliphatic heterocycles. The highest BCUT2D eigenvalue weighted by molar-refractivity contribution is 9.10. The molecule has 3 aromatic rings. The lowest BCUT2D eigenvalue weighted by Crippen LogP contribution is -2.40. The summed E-state index contributed by atoms with van der Waals surface area (Å²) in [6.45, 7) is 6.97. The summed E-state index contributed by atoms with van der Waals surface area (Å²) in [6, 6.07) is 17.1. The first-order chi connectivity index (χ1) is 14.6. The predicted octanol–water partition coefficient (Wildman–Crippen LogP) is 5.48. The van der Waals surface area contributed by atoms with Gasteiger partial charge in [-0.15, -0.1) is 0 Å². The van der Waals surface area contributed by atoms with Crippen LogP contribution < -0.4 is 9.04 Å². The van der Waals surface area contributed by atoms with Gasteiger partial charge in [-0.25, -0.2) is 8.42 Å². The second kappa shape index (κ2) is 9.24. The van der Waals surface area contributed by atoms with E-state index in [1.807, 2.05) is 39.0 Å². The highest BCUT2D eigenvalue weighted by atomic mass is 79.9. The number of benzene rings is 3. The molecule has 31 heavy (non-hydrogen) atoms. The molecule has 0 saturated carbocycles. The number of ether oxygens (including phenoxy) is 1. The normalized spacial score (nSPS) is 11.3. The van der Waals surface area contributed by atoms with E-state index in [0.717, 1.165) is 25.5 Å². The van der Waals surface area contributed by atoms with Crippen LogP contribution in [0.25, 0.3) is 0 Å². The van der Waals surface area contributed by atoms with Crippen molar-refractivity contribution >= 4 is 37.5 Å². The molecule has 0 fully saturated rings. The molecule has 0 aliphatic rings. The summed E-state index contributed by atoms with van der Waals surface area (Å²) in [5.41, 5.74) is 3.55. The van der Waals surface area contributed by atoms with Crippen molar-refractivity contribution in [3.63, 3.8) is 0 Å². The molecule has 3 rings (SSSR count). The highest BCUT2D eigenvalue weighted by Gasteiger charge is 2.32. The molecular weight excluding hydrogens is 478 g/mol. The molecule has 0 aromatic heterocycles. The fraction of sp³-hybridized carbons (Fsp3) is 0.208. The topological polar surface area (TPSA) is 63.7 Å².